The van der Waals surface area contributed by atoms with Gasteiger partial charge in [0.05, 0.1) is 0 Å². The molecule has 0 aromatic carbocycles. The Bertz CT molecular complexity index is 404. The number of nitrogens with zero attached hydrogens (tertiary/aromatic N) is 2. The summed E-state index contributed by atoms with van der Waals surface area (Å²) in [5.41, 5.74) is 0.459. The number of nitro groups is 1. The van der Waals surface area contributed by atoms with E-state index in [0.29, 0.717) is 5.69 Å². The molecule has 0 aliphatic carbocycles. The van der Waals surface area contributed by atoms with Crippen molar-refractivity contribution in [3.05, 3.63) is 34.0 Å². The molecule has 0 bridgehead atoms. The molecule has 1 aromatic rings. The highest BCUT2D eigenvalue weighted by Crippen LogP contribution is 2.22. The van der Waals surface area contributed by atoms with Gasteiger partial charge < -0.3 is 20.5 Å². The average Bonchev–Trinajstić information content (AvgIpc) is 2.26. The van der Waals surface area contributed by atoms with Crippen molar-refractivity contribution in [2.75, 3.05) is 13.6 Å². The Balaban J connectivity index is 2.78. The van der Waals surface area contributed by atoms with Crippen molar-refractivity contribution < 1.29 is 10.0 Å². The van der Waals surface area contributed by atoms with E-state index < -0.39 is 16.5 Å². The summed E-state index contributed by atoms with van der Waals surface area (Å²) in [6.07, 6.45) is 4.36. The molecular formula is C10H13N3O3. The second kappa shape index (κ2) is 5.82. The monoisotopic (exact) mass is 223 g/mol. The zero-order valence-corrected chi connectivity index (χ0v) is 8.88. The largest absolute Gasteiger partial charge is 0.501 e. The molecule has 0 fully saturated rings. The minimum absolute atomic E-state index is 0.419. The smallest absolute Gasteiger partial charge is 0.406 e. The molecule has 0 aliphatic heterocycles. The Morgan fingerprint density at radius 2 is 2.38 bits per heavy atom. The maximum Gasteiger partial charge on any atom is 0.406 e. The molecule has 0 unspecified atom stereocenters. The van der Waals surface area contributed by atoms with E-state index >= 15 is 0 Å². The highest BCUT2D eigenvalue weighted by molar-refractivity contribution is 5.50. The molecule has 0 amide bonds. The number of pyridine rings is 1. The van der Waals surface area contributed by atoms with Crippen LogP contribution in [0.15, 0.2) is 18.2 Å². The van der Waals surface area contributed by atoms with E-state index in [1.807, 2.05) is 13.1 Å². The number of aromatic hydroxyl groups is 1. The SMILES string of the molecule is CNCCC=Cc1ccc(O)c([N+](=O)[O-])n1. The molecule has 0 spiro atoms. The van der Waals surface area contributed by atoms with Gasteiger partial charge in [-0.2, -0.15) is 0 Å². The van der Waals surface area contributed by atoms with Crippen LogP contribution in [0, 0.1) is 10.1 Å². The van der Waals surface area contributed by atoms with Gasteiger partial charge in [0.2, 0.25) is 5.75 Å². The lowest BCUT2D eigenvalue weighted by molar-refractivity contribution is -0.390. The van der Waals surface area contributed by atoms with Gasteiger partial charge in [-0.05, 0) is 48.1 Å². The summed E-state index contributed by atoms with van der Waals surface area (Å²) in [6, 6.07) is 2.79. The standard InChI is InChI=1S/C10H13N3O3/c1-11-7-3-2-4-8-5-6-9(14)10(12-8)13(15)16/h2,4-6,11,14H,3,7H2,1H3. The van der Waals surface area contributed by atoms with Crippen molar-refractivity contribution in [1.29, 1.82) is 0 Å². The number of hydrogen-bond acceptors (Lipinski definition) is 5. The minimum atomic E-state index is -0.708. The minimum Gasteiger partial charge on any atom is -0.501 e. The third kappa shape index (κ3) is 3.32. The van der Waals surface area contributed by atoms with Gasteiger partial charge in [-0.25, -0.2) is 0 Å². The summed E-state index contributed by atoms with van der Waals surface area (Å²) in [6.45, 7) is 0.830. The van der Waals surface area contributed by atoms with Crippen LogP contribution in [0.4, 0.5) is 5.82 Å². The second-order valence-corrected chi connectivity index (χ2v) is 3.13. The predicted octanol–water partition coefficient (Wildman–Crippen LogP) is 1.32. The van der Waals surface area contributed by atoms with Crippen LogP contribution >= 0.6 is 0 Å². The first kappa shape index (κ1) is 12.1. The van der Waals surface area contributed by atoms with Crippen molar-refractivity contribution in [3.63, 3.8) is 0 Å². The van der Waals surface area contributed by atoms with Crippen molar-refractivity contribution in [1.82, 2.24) is 10.3 Å². The van der Waals surface area contributed by atoms with Gasteiger partial charge in [-0.1, -0.05) is 6.08 Å². The summed E-state index contributed by atoms with van der Waals surface area (Å²) in [4.78, 5) is 13.5. The first-order chi connectivity index (χ1) is 7.65. The molecule has 0 saturated heterocycles. The number of hydrogen-bond donors (Lipinski definition) is 2. The molecule has 0 aliphatic rings. The third-order valence-electron chi connectivity index (χ3n) is 1.90. The third-order valence-corrected chi connectivity index (χ3v) is 1.90. The van der Waals surface area contributed by atoms with Crippen LogP contribution < -0.4 is 5.32 Å². The van der Waals surface area contributed by atoms with Crippen LogP contribution in [-0.2, 0) is 0 Å². The Morgan fingerprint density at radius 3 is 3.00 bits per heavy atom. The van der Waals surface area contributed by atoms with Gasteiger partial charge in [0.1, 0.15) is 0 Å². The van der Waals surface area contributed by atoms with E-state index in [2.05, 4.69) is 10.3 Å². The topological polar surface area (TPSA) is 88.3 Å². The lowest BCUT2D eigenvalue weighted by atomic mass is 10.3. The van der Waals surface area contributed by atoms with Crippen LogP contribution in [0.5, 0.6) is 5.75 Å². The molecule has 0 radical (unpaired) electrons. The fraction of sp³-hybridized carbons (Fsp3) is 0.300. The molecule has 0 saturated carbocycles. The average molecular weight is 223 g/mol. The van der Waals surface area contributed by atoms with E-state index in [0.717, 1.165) is 13.0 Å². The molecule has 0 atom stereocenters. The summed E-state index contributed by atoms with van der Waals surface area (Å²) in [5.74, 6) is -0.937. The van der Waals surface area contributed by atoms with Crippen molar-refractivity contribution in [3.8, 4) is 5.75 Å². The molecular weight excluding hydrogens is 210 g/mol. The highest BCUT2D eigenvalue weighted by Gasteiger charge is 2.15. The Morgan fingerprint density at radius 1 is 1.62 bits per heavy atom. The summed E-state index contributed by atoms with van der Waals surface area (Å²) < 4.78 is 0. The predicted molar refractivity (Wildman–Crippen MR) is 60.1 cm³/mol. The number of nitrogens with one attached hydrogen (secondary N) is 1. The number of rotatable bonds is 5. The van der Waals surface area contributed by atoms with Crippen molar-refractivity contribution in [2.24, 2.45) is 0 Å². The molecule has 1 rings (SSSR count). The lowest BCUT2D eigenvalue weighted by Gasteiger charge is -1.95. The van der Waals surface area contributed by atoms with E-state index in [4.69, 9.17) is 0 Å². The molecule has 1 aromatic heterocycles. The molecule has 1 heterocycles. The first-order valence-electron chi connectivity index (χ1n) is 4.80. The van der Waals surface area contributed by atoms with Gasteiger partial charge in [-0.15, -0.1) is 0 Å². The van der Waals surface area contributed by atoms with E-state index in [-0.39, 0.29) is 0 Å². The second-order valence-electron chi connectivity index (χ2n) is 3.13. The fourth-order valence-electron chi connectivity index (χ4n) is 1.11. The summed E-state index contributed by atoms with van der Waals surface area (Å²) >= 11 is 0. The Labute approximate surface area is 92.8 Å². The highest BCUT2D eigenvalue weighted by atomic mass is 16.6. The molecule has 86 valence electrons. The van der Waals surface area contributed by atoms with Crippen molar-refractivity contribution >= 4 is 11.9 Å². The molecule has 2 N–H and O–H groups in total. The molecule has 6 heteroatoms. The maximum atomic E-state index is 10.5. The van der Waals surface area contributed by atoms with Crippen molar-refractivity contribution in [2.45, 2.75) is 6.42 Å². The van der Waals surface area contributed by atoms with Gasteiger partial charge in [0.25, 0.3) is 0 Å². The lowest BCUT2D eigenvalue weighted by Crippen LogP contribution is -2.05. The van der Waals surface area contributed by atoms with Crippen LogP contribution in [0.25, 0.3) is 6.08 Å². The maximum absolute atomic E-state index is 10.5. The van der Waals surface area contributed by atoms with Crippen LogP contribution in [-0.4, -0.2) is 28.6 Å². The van der Waals surface area contributed by atoms with Gasteiger partial charge in [0, 0.05) is 0 Å². The van der Waals surface area contributed by atoms with E-state index in [1.165, 1.54) is 12.1 Å². The Kier molecular flexibility index (Phi) is 4.41. The normalized spacial score (nSPS) is 10.8. The first-order valence-corrected chi connectivity index (χ1v) is 4.80. The van der Waals surface area contributed by atoms with Crippen LogP contribution in [0.2, 0.25) is 0 Å². The van der Waals surface area contributed by atoms with E-state index in [9.17, 15) is 15.2 Å². The van der Waals surface area contributed by atoms with Gasteiger partial charge in [0.15, 0.2) is 5.69 Å². The van der Waals surface area contributed by atoms with E-state index in [1.54, 1.807) is 6.08 Å². The van der Waals surface area contributed by atoms with Gasteiger partial charge >= 0.3 is 5.82 Å². The quantitative estimate of drug-likeness (QED) is 0.446. The Hall–Kier alpha value is -1.95. The zero-order valence-electron chi connectivity index (χ0n) is 8.88. The fourth-order valence-corrected chi connectivity index (χ4v) is 1.11. The summed E-state index contributed by atoms with van der Waals surface area (Å²) in [7, 11) is 1.84. The number of aromatic nitrogens is 1. The van der Waals surface area contributed by atoms with Gasteiger partial charge in [-0.3, -0.25) is 0 Å². The molecule has 16 heavy (non-hydrogen) atoms. The molecule has 6 nitrogen and oxygen atoms in total. The van der Waals surface area contributed by atoms with Crippen LogP contribution in [0.3, 0.4) is 0 Å². The van der Waals surface area contributed by atoms with Crippen LogP contribution in [0.1, 0.15) is 12.1 Å². The zero-order chi connectivity index (χ0) is 12.0. The summed E-state index contributed by atoms with van der Waals surface area (Å²) in [5, 5.41) is 22.6.